The summed E-state index contributed by atoms with van der Waals surface area (Å²) in [5, 5.41) is 14.3. The van der Waals surface area contributed by atoms with Crippen molar-refractivity contribution >= 4 is 29.1 Å². The van der Waals surface area contributed by atoms with E-state index < -0.39 is 23.2 Å². The lowest BCUT2D eigenvalue weighted by Crippen LogP contribution is -2.52. The molecule has 0 bridgehead atoms. The second kappa shape index (κ2) is 7.32. The summed E-state index contributed by atoms with van der Waals surface area (Å²) in [5.74, 6) is -1.42. The van der Waals surface area contributed by atoms with Crippen molar-refractivity contribution in [1.82, 2.24) is 5.32 Å². The normalized spacial score (nSPS) is 10.7. The Balaban J connectivity index is 2.09. The summed E-state index contributed by atoms with van der Waals surface area (Å²) >= 11 is 5.93. The fourth-order valence-electron chi connectivity index (χ4n) is 1.98. The first-order valence-electron chi connectivity index (χ1n) is 7.32. The third-order valence-electron chi connectivity index (χ3n) is 3.45. The van der Waals surface area contributed by atoms with Gasteiger partial charge in [0.2, 0.25) is 5.91 Å². The van der Waals surface area contributed by atoms with Gasteiger partial charge in [0.15, 0.2) is 0 Å². The molecule has 2 aromatic carbocycles. The number of amides is 2. The third kappa shape index (κ3) is 4.55. The molecule has 25 heavy (non-hydrogen) atoms. The van der Waals surface area contributed by atoms with Gasteiger partial charge >= 0.3 is 0 Å². The predicted octanol–water partition coefficient (Wildman–Crippen LogP) is 3.50. The molecule has 2 aromatic rings. The van der Waals surface area contributed by atoms with Crippen LogP contribution in [-0.2, 0) is 4.79 Å². The van der Waals surface area contributed by atoms with Gasteiger partial charge in [-0.3, -0.25) is 9.59 Å². The lowest BCUT2D eigenvalue weighted by atomic mass is 10.0. The molecule has 0 saturated carbocycles. The van der Waals surface area contributed by atoms with E-state index in [0.717, 1.165) is 0 Å². The zero-order valence-electron chi connectivity index (χ0n) is 13.6. The first-order chi connectivity index (χ1) is 11.7. The van der Waals surface area contributed by atoms with E-state index in [4.69, 9.17) is 16.9 Å². The maximum Gasteiger partial charge on any atom is 0.252 e. The Bertz CT molecular complexity index is 858. The van der Waals surface area contributed by atoms with Gasteiger partial charge in [0, 0.05) is 11.3 Å². The zero-order valence-corrected chi connectivity index (χ0v) is 14.3. The second-order valence-electron chi connectivity index (χ2n) is 5.85. The van der Waals surface area contributed by atoms with Crippen LogP contribution in [0.3, 0.4) is 0 Å². The number of rotatable bonds is 4. The summed E-state index contributed by atoms with van der Waals surface area (Å²) in [4.78, 5) is 24.6. The molecular weight excluding hydrogens is 345 g/mol. The standard InChI is InChI=1S/C18H15ClFN3O2/c1-18(2,23-16(24)11-3-6-13(20)7-4-11)17(25)22-14-8-5-12(10-21)15(19)9-14/h3-9H,1-2H3,(H,22,25)(H,23,24). The monoisotopic (exact) mass is 359 g/mol. The van der Waals surface area contributed by atoms with E-state index in [0.29, 0.717) is 11.3 Å². The minimum Gasteiger partial charge on any atom is -0.338 e. The fraction of sp³-hybridized carbons (Fsp3) is 0.167. The van der Waals surface area contributed by atoms with Crippen LogP contribution in [0, 0.1) is 17.1 Å². The Kier molecular flexibility index (Phi) is 5.40. The van der Waals surface area contributed by atoms with Crippen molar-refractivity contribution in [2.24, 2.45) is 0 Å². The second-order valence-corrected chi connectivity index (χ2v) is 6.25. The van der Waals surface area contributed by atoms with Gasteiger partial charge in [0.1, 0.15) is 17.4 Å². The maximum absolute atomic E-state index is 12.9. The Morgan fingerprint density at radius 3 is 2.36 bits per heavy atom. The molecule has 2 rings (SSSR count). The van der Waals surface area contributed by atoms with E-state index >= 15 is 0 Å². The summed E-state index contributed by atoms with van der Waals surface area (Å²) in [7, 11) is 0. The maximum atomic E-state index is 12.9. The van der Waals surface area contributed by atoms with Gasteiger partial charge in [-0.25, -0.2) is 4.39 Å². The number of hydrogen-bond donors (Lipinski definition) is 2. The fourth-order valence-corrected chi connectivity index (χ4v) is 2.21. The number of benzene rings is 2. The summed E-state index contributed by atoms with van der Waals surface area (Å²) in [5.41, 5.74) is -0.295. The predicted molar refractivity (Wildman–Crippen MR) is 92.7 cm³/mol. The van der Waals surface area contributed by atoms with Gasteiger partial charge in [-0.1, -0.05) is 11.6 Å². The number of nitrogens with one attached hydrogen (secondary N) is 2. The van der Waals surface area contributed by atoms with Crippen LogP contribution in [0.1, 0.15) is 29.8 Å². The van der Waals surface area contributed by atoms with Gasteiger partial charge in [0.05, 0.1) is 10.6 Å². The molecule has 0 aromatic heterocycles. The van der Waals surface area contributed by atoms with Crippen molar-refractivity contribution in [3.8, 4) is 6.07 Å². The molecule has 5 nitrogen and oxygen atoms in total. The lowest BCUT2D eigenvalue weighted by molar-refractivity contribution is -0.120. The summed E-state index contributed by atoms with van der Waals surface area (Å²) in [6.07, 6.45) is 0. The van der Waals surface area contributed by atoms with Crippen LogP contribution in [0.2, 0.25) is 5.02 Å². The van der Waals surface area contributed by atoms with E-state index in [1.165, 1.54) is 50.2 Å². The Hall–Kier alpha value is -2.91. The van der Waals surface area contributed by atoms with E-state index in [1.807, 2.05) is 6.07 Å². The molecule has 128 valence electrons. The summed E-state index contributed by atoms with van der Waals surface area (Å²) in [6, 6.07) is 11.4. The molecule has 0 aliphatic carbocycles. The van der Waals surface area contributed by atoms with Crippen molar-refractivity contribution < 1.29 is 14.0 Å². The number of hydrogen-bond acceptors (Lipinski definition) is 3. The molecular formula is C18H15ClFN3O2. The molecule has 0 atom stereocenters. The van der Waals surface area contributed by atoms with Gasteiger partial charge in [-0.15, -0.1) is 0 Å². The van der Waals surface area contributed by atoms with E-state index in [1.54, 1.807) is 6.07 Å². The molecule has 0 aliphatic rings. The largest absolute Gasteiger partial charge is 0.338 e. The first kappa shape index (κ1) is 18.4. The molecule has 2 amide bonds. The Morgan fingerprint density at radius 1 is 1.16 bits per heavy atom. The molecule has 7 heteroatoms. The van der Waals surface area contributed by atoms with Crippen LogP contribution < -0.4 is 10.6 Å². The van der Waals surface area contributed by atoms with Gasteiger partial charge in [0.25, 0.3) is 5.91 Å². The summed E-state index contributed by atoms with van der Waals surface area (Å²) in [6.45, 7) is 3.07. The molecule has 0 radical (unpaired) electrons. The number of anilines is 1. The van der Waals surface area contributed by atoms with Gasteiger partial charge < -0.3 is 10.6 Å². The molecule has 0 aliphatic heterocycles. The smallest absolute Gasteiger partial charge is 0.252 e. The van der Waals surface area contributed by atoms with E-state index in [9.17, 15) is 14.0 Å². The van der Waals surface area contributed by atoms with Crippen molar-refractivity contribution in [2.45, 2.75) is 19.4 Å². The highest BCUT2D eigenvalue weighted by molar-refractivity contribution is 6.32. The van der Waals surface area contributed by atoms with E-state index in [2.05, 4.69) is 10.6 Å². The Morgan fingerprint density at radius 2 is 1.80 bits per heavy atom. The number of carbonyl (C=O) groups is 2. The number of carbonyl (C=O) groups excluding carboxylic acids is 2. The highest BCUT2D eigenvalue weighted by atomic mass is 35.5. The molecule has 0 fully saturated rings. The number of halogens is 2. The minimum absolute atomic E-state index is 0.216. The highest BCUT2D eigenvalue weighted by Crippen LogP contribution is 2.21. The van der Waals surface area contributed by atoms with Crippen LogP contribution in [-0.4, -0.2) is 17.4 Å². The SMILES string of the molecule is CC(C)(NC(=O)c1ccc(F)cc1)C(=O)Nc1ccc(C#N)c(Cl)c1. The average molecular weight is 360 g/mol. The van der Waals surface area contributed by atoms with Crippen LogP contribution in [0.5, 0.6) is 0 Å². The van der Waals surface area contributed by atoms with Gasteiger partial charge in [-0.2, -0.15) is 5.26 Å². The van der Waals surface area contributed by atoms with Crippen LogP contribution in [0.15, 0.2) is 42.5 Å². The third-order valence-corrected chi connectivity index (χ3v) is 3.76. The van der Waals surface area contributed by atoms with Crippen LogP contribution >= 0.6 is 11.6 Å². The van der Waals surface area contributed by atoms with Crippen LogP contribution in [0.25, 0.3) is 0 Å². The average Bonchev–Trinajstić information content (AvgIpc) is 2.55. The molecule has 0 unspecified atom stereocenters. The van der Waals surface area contributed by atoms with Crippen molar-refractivity contribution in [3.05, 3.63) is 64.4 Å². The highest BCUT2D eigenvalue weighted by Gasteiger charge is 2.30. The summed E-state index contributed by atoms with van der Waals surface area (Å²) < 4.78 is 12.9. The van der Waals surface area contributed by atoms with Gasteiger partial charge in [-0.05, 0) is 56.3 Å². The number of nitrogens with zero attached hydrogens (tertiary/aromatic N) is 1. The topological polar surface area (TPSA) is 82.0 Å². The van der Waals surface area contributed by atoms with E-state index in [-0.39, 0.29) is 10.6 Å². The Labute approximate surface area is 149 Å². The molecule has 0 saturated heterocycles. The van der Waals surface area contributed by atoms with Crippen molar-refractivity contribution in [3.63, 3.8) is 0 Å². The lowest BCUT2D eigenvalue weighted by Gasteiger charge is -2.25. The van der Waals surface area contributed by atoms with Crippen molar-refractivity contribution in [1.29, 1.82) is 5.26 Å². The number of nitriles is 1. The zero-order chi connectivity index (χ0) is 18.6. The first-order valence-corrected chi connectivity index (χ1v) is 7.70. The van der Waals surface area contributed by atoms with Crippen molar-refractivity contribution in [2.75, 3.05) is 5.32 Å². The van der Waals surface area contributed by atoms with Crippen LogP contribution in [0.4, 0.5) is 10.1 Å². The molecule has 0 heterocycles. The minimum atomic E-state index is -1.23. The molecule has 2 N–H and O–H groups in total. The quantitative estimate of drug-likeness (QED) is 0.876. The molecule has 0 spiro atoms.